The molecule has 0 amide bonds. The predicted octanol–water partition coefficient (Wildman–Crippen LogP) is 6.06. The highest BCUT2D eigenvalue weighted by Crippen LogP contribution is 2.47. The number of hydrogen-bond donors (Lipinski definition) is 0. The molecule has 0 unspecified atom stereocenters. The summed E-state index contributed by atoms with van der Waals surface area (Å²) < 4.78 is 11.4. The summed E-state index contributed by atoms with van der Waals surface area (Å²) in [5, 5.41) is 7.44. The van der Waals surface area contributed by atoms with Crippen molar-refractivity contribution in [1.29, 1.82) is 0 Å². The molecule has 32 heavy (non-hydrogen) atoms. The molecule has 2 heterocycles. The molecule has 5 rings (SSSR count). The fourth-order valence-electron chi connectivity index (χ4n) is 4.11. The standard InChI is InChI=1S/C25H20Cl2N2O3/c1-14-3-5-16(6-4-14)23(30)25-29-22(19-11-17(26)12-20(27)24(19)32-25)13-21(28-29)15-7-9-18(31-2)10-8-15/h3-12,22,25H,13H2,1-2H3/t22-,25-/m0/s1. The zero-order valence-corrected chi connectivity index (χ0v) is 19.0. The molecule has 162 valence electrons. The van der Waals surface area contributed by atoms with E-state index in [2.05, 4.69) is 0 Å². The third kappa shape index (κ3) is 3.61. The Bertz CT molecular complexity index is 1220. The van der Waals surface area contributed by atoms with Crippen molar-refractivity contribution in [2.24, 2.45) is 5.10 Å². The Hall–Kier alpha value is -3.02. The summed E-state index contributed by atoms with van der Waals surface area (Å²) in [6.45, 7) is 1.98. The highest BCUT2D eigenvalue weighted by Gasteiger charge is 2.44. The van der Waals surface area contributed by atoms with E-state index in [0.717, 1.165) is 28.2 Å². The molecule has 3 aromatic carbocycles. The second-order valence-electron chi connectivity index (χ2n) is 7.88. The van der Waals surface area contributed by atoms with Crippen molar-refractivity contribution in [3.05, 3.63) is 93.0 Å². The average Bonchev–Trinajstić information content (AvgIpc) is 3.25. The van der Waals surface area contributed by atoms with Crippen LogP contribution < -0.4 is 9.47 Å². The first-order valence-electron chi connectivity index (χ1n) is 10.2. The van der Waals surface area contributed by atoms with Crippen LogP contribution in [-0.4, -0.2) is 29.8 Å². The highest BCUT2D eigenvalue weighted by molar-refractivity contribution is 6.35. The monoisotopic (exact) mass is 466 g/mol. The molecule has 0 bridgehead atoms. The van der Waals surface area contributed by atoms with Crippen LogP contribution in [0.15, 0.2) is 65.8 Å². The van der Waals surface area contributed by atoms with Crippen molar-refractivity contribution >= 4 is 34.7 Å². The summed E-state index contributed by atoms with van der Waals surface area (Å²) in [5.41, 5.74) is 4.26. The summed E-state index contributed by atoms with van der Waals surface area (Å²) >= 11 is 12.8. The van der Waals surface area contributed by atoms with Crippen molar-refractivity contribution < 1.29 is 14.3 Å². The van der Waals surface area contributed by atoms with Gasteiger partial charge in [0.05, 0.1) is 23.9 Å². The van der Waals surface area contributed by atoms with Gasteiger partial charge in [-0.25, -0.2) is 5.01 Å². The topological polar surface area (TPSA) is 51.1 Å². The van der Waals surface area contributed by atoms with Gasteiger partial charge in [0, 0.05) is 22.6 Å². The van der Waals surface area contributed by atoms with Crippen molar-refractivity contribution in [2.45, 2.75) is 25.6 Å². The van der Waals surface area contributed by atoms with Gasteiger partial charge in [0.1, 0.15) is 11.5 Å². The summed E-state index contributed by atoms with van der Waals surface area (Å²) in [4.78, 5) is 13.4. The van der Waals surface area contributed by atoms with Gasteiger partial charge in [-0.3, -0.25) is 4.79 Å². The first-order chi connectivity index (χ1) is 15.4. The van der Waals surface area contributed by atoms with Gasteiger partial charge in [0.2, 0.25) is 5.78 Å². The molecule has 0 saturated carbocycles. The maximum absolute atomic E-state index is 13.4. The lowest BCUT2D eigenvalue weighted by Crippen LogP contribution is -2.46. The number of Topliss-reactive ketones (excluding diaryl/α,β-unsaturated/α-hetero) is 1. The number of methoxy groups -OCH3 is 1. The number of carbonyl (C=O) groups excluding carboxylic acids is 1. The fourth-order valence-corrected chi connectivity index (χ4v) is 4.66. The lowest BCUT2D eigenvalue weighted by atomic mass is 9.95. The smallest absolute Gasteiger partial charge is 0.251 e. The van der Waals surface area contributed by atoms with Crippen molar-refractivity contribution in [3.63, 3.8) is 0 Å². The summed E-state index contributed by atoms with van der Waals surface area (Å²) in [7, 11) is 1.63. The molecule has 5 nitrogen and oxygen atoms in total. The largest absolute Gasteiger partial charge is 0.497 e. The molecule has 0 aliphatic carbocycles. The SMILES string of the molecule is COc1ccc(C2=NN3[C@H](C(=O)c4ccc(C)cc4)Oc4c(Cl)cc(Cl)cc4[C@@H]3C2)cc1. The molecular weight excluding hydrogens is 447 g/mol. The van der Waals surface area contributed by atoms with Gasteiger partial charge in [-0.2, -0.15) is 5.10 Å². The van der Waals surface area contributed by atoms with E-state index in [1.165, 1.54) is 0 Å². The van der Waals surface area contributed by atoms with Gasteiger partial charge in [-0.1, -0.05) is 53.0 Å². The van der Waals surface area contributed by atoms with E-state index >= 15 is 0 Å². The van der Waals surface area contributed by atoms with E-state index < -0.39 is 6.23 Å². The van der Waals surface area contributed by atoms with Crippen LogP contribution in [0.2, 0.25) is 10.0 Å². The molecule has 0 fully saturated rings. The first-order valence-corrected chi connectivity index (χ1v) is 11.0. The van der Waals surface area contributed by atoms with Crippen LogP contribution in [0.5, 0.6) is 11.5 Å². The van der Waals surface area contributed by atoms with Gasteiger partial charge < -0.3 is 9.47 Å². The quantitative estimate of drug-likeness (QED) is 0.438. The number of ketones is 1. The Morgan fingerprint density at radius 2 is 1.81 bits per heavy atom. The second kappa shape index (κ2) is 8.15. The van der Waals surface area contributed by atoms with Crippen LogP contribution in [0.25, 0.3) is 0 Å². The maximum atomic E-state index is 13.4. The Kier molecular flexibility index (Phi) is 5.31. The van der Waals surface area contributed by atoms with Gasteiger partial charge in [-0.15, -0.1) is 0 Å². The first kappa shape index (κ1) is 20.9. The second-order valence-corrected chi connectivity index (χ2v) is 8.73. The number of hydrazone groups is 1. The predicted molar refractivity (Wildman–Crippen MR) is 125 cm³/mol. The van der Waals surface area contributed by atoms with Gasteiger partial charge in [0.15, 0.2) is 0 Å². The molecule has 2 aliphatic heterocycles. The minimum atomic E-state index is -0.926. The van der Waals surface area contributed by atoms with Gasteiger partial charge in [-0.05, 0) is 48.9 Å². The van der Waals surface area contributed by atoms with E-state index in [1.54, 1.807) is 30.3 Å². The lowest BCUT2D eigenvalue weighted by Gasteiger charge is -2.37. The molecular formula is C25H20Cl2N2O3. The minimum absolute atomic E-state index is 0.175. The number of halogens is 2. The number of benzene rings is 3. The van der Waals surface area contributed by atoms with Crippen LogP contribution in [-0.2, 0) is 0 Å². The maximum Gasteiger partial charge on any atom is 0.251 e. The van der Waals surface area contributed by atoms with Crippen molar-refractivity contribution in [2.75, 3.05) is 7.11 Å². The third-order valence-electron chi connectivity index (χ3n) is 5.79. The van der Waals surface area contributed by atoms with E-state index in [-0.39, 0.29) is 11.8 Å². The zero-order chi connectivity index (χ0) is 22.4. The zero-order valence-electron chi connectivity index (χ0n) is 17.5. The fraction of sp³-hybridized carbons (Fsp3) is 0.200. The van der Waals surface area contributed by atoms with E-state index in [4.69, 9.17) is 37.8 Å². The summed E-state index contributed by atoms with van der Waals surface area (Å²) in [6.07, 6.45) is -0.332. The minimum Gasteiger partial charge on any atom is -0.497 e. The number of hydrogen-bond acceptors (Lipinski definition) is 5. The summed E-state index contributed by atoms with van der Waals surface area (Å²) in [5.74, 6) is 1.07. The van der Waals surface area contributed by atoms with Crippen LogP contribution in [0.3, 0.4) is 0 Å². The summed E-state index contributed by atoms with van der Waals surface area (Å²) in [6, 6.07) is 18.4. The Morgan fingerprint density at radius 1 is 1.09 bits per heavy atom. The molecule has 0 spiro atoms. The molecule has 0 N–H and O–H groups in total. The molecule has 2 aliphatic rings. The van der Waals surface area contributed by atoms with Crippen LogP contribution in [0, 0.1) is 6.92 Å². The normalized spacial score (nSPS) is 19.0. The Morgan fingerprint density at radius 3 is 2.50 bits per heavy atom. The van der Waals surface area contributed by atoms with E-state index in [0.29, 0.717) is 27.8 Å². The molecule has 0 radical (unpaired) electrons. The van der Waals surface area contributed by atoms with Crippen LogP contribution in [0.4, 0.5) is 0 Å². The number of ether oxygens (including phenoxy) is 2. The molecule has 0 aromatic heterocycles. The van der Waals surface area contributed by atoms with Crippen molar-refractivity contribution in [1.82, 2.24) is 5.01 Å². The molecule has 2 atom stereocenters. The number of rotatable bonds is 4. The molecule has 7 heteroatoms. The number of carbonyl (C=O) groups is 1. The average molecular weight is 467 g/mol. The van der Waals surface area contributed by atoms with E-state index in [1.807, 2.05) is 49.4 Å². The van der Waals surface area contributed by atoms with Crippen LogP contribution >= 0.6 is 23.2 Å². The Labute approximate surface area is 196 Å². The number of nitrogens with zero attached hydrogens (tertiary/aromatic N) is 2. The molecule has 3 aromatic rings. The third-order valence-corrected chi connectivity index (χ3v) is 6.29. The molecule has 0 saturated heterocycles. The van der Waals surface area contributed by atoms with Gasteiger partial charge >= 0.3 is 0 Å². The van der Waals surface area contributed by atoms with Crippen LogP contribution in [0.1, 0.15) is 39.5 Å². The van der Waals surface area contributed by atoms with Gasteiger partial charge in [0.25, 0.3) is 6.23 Å². The Balaban J connectivity index is 1.57. The number of fused-ring (bicyclic) bond motifs is 3. The van der Waals surface area contributed by atoms with E-state index in [9.17, 15) is 4.79 Å². The van der Waals surface area contributed by atoms with Crippen molar-refractivity contribution in [3.8, 4) is 11.5 Å². The number of aryl methyl sites for hydroxylation is 1. The lowest BCUT2D eigenvalue weighted by molar-refractivity contribution is -0.00447. The highest BCUT2D eigenvalue weighted by atomic mass is 35.5.